The maximum absolute atomic E-state index is 12.5. The van der Waals surface area contributed by atoms with Crippen LogP contribution in [0, 0.1) is 0 Å². The van der Waals surface area contributed by atoms with Gasteiger partial charge >= 0.3 is 22.6 Å². The summed E-state index contributed by atoms with van der Waals surface area (Å²) in [7, 11) is 0. The quantitative estimate of drug-likeness (QED) is 0.384. The van der Waals surface area contributed by atoms with Gasteiger partial charge in [0.25, 0.3) is 5.91 Å². The smallest absolute Gasteiger partial charge is 0.550 e. The van der Waals surface area contributed by atoms with Crippen molar-refractivity contribution in [2.75, 3.05) is 42.1 Å². The molecule has 1 fully saturated rings. The molecule has 0 spiro atoms. The maximum Gasteiger partial charge on any atom is 2.00 e. The SMILES string of the molecule is CC(=O)[O-].CC(=O)[O-].CC(C)(C)OC(=O)N1CCN(c2ncc(C(=O)Nc3ccccc3N)s2)CC1.[Ni+2]. The molecule has 0 bridgehead atoms. The number of thiazole rings is 1. The summed E-state index contributed by atoms with van der Waals surface area (Å²) in [5.74, 6) is -2.41. The minimum absolute atomic E-state index is 0. The second kappa shape index (κ2) is 15.7. The number of carbonyl (C=O) groups is 4. The molecule has 2 aromatic rings. The van der Waals surface area contributed by atoms with Gasteiger partial charge in [0, 0.05) is 38.1 Å². The summed E-state index contributed by atoms with van der Waals surface area (Å²) in [4.78, 5) is 51.0. The molecule has 12 nitrogen and oxygen atoms in total. The zero-order chi connectivity index (χ0) is 27.5. The number of aliphatic carboxylic acids is 2. The van der Waals surface area contributed by atoms with Gasteiger partial charge in [0.1, 0.15) is 10.5 Å². The van der Waals surface area contributed by atoms with E-state index in [1.165, 1.54) is 11.3 Å². The average molecular weight is 580 g/mol. The van der Waals surface area contributed by atoms with E-state index >= 15 is 0 Å². The second-order valence-electron chi connectivity index (χ2n) is 8.49. The van der Waals surface area contributed by atoms with Crippen LogP contribution in [-0.4, -0.2) is 65.6 Å². The number of para-hydroxylation sites is 2. The Morgan fingerprint density at radius 1 is 1.03 bits per heavy atom. The van der Waals surface area contributed by atoms with Crippen LogP contribution in [-0.2, 0) is 30.8 Å². The van der Waals surface area contributed by atoms with Gasteiger partial charge in [0.2, 0.25) is 0 Å². The van der Waals surface area contributed by atoms with Crippen LogP contribution < -0.4 is 26.2 Å². The first-order chi connectivity index (χ1) is 16.7. The number of carboxylic acids is 2. The number of nitrogens with two attached hydrogens (primary N) is 1. The van der Waals surface area contributed by atoms with Gasteiger partial charge in [0.15, 0.2) is 5.13 Å². The van der Waals surface area contributed by atoms with E-state index in [-0.39, 0.29) is 28.5 Å². The van der Waals surface area contributed by atoms with E-state index in [0.29, 0.717) is 42.4 Å². The zero-order valence-corrected chi connectivity index (χ0v) is 23.0. The third-order valence-corrected chi connectivity index (χ3v) is 5.19. The summed E-state index contributed by atoms with van der Waals surface area (Å²) in [5.41, 5.74) is 6.45. The number of piperazine rings is 1. The van der Waals surface area contributed by atoms with Crippen LogP contribution in [0.4, 0.5) is 21.3 Å². The van der Waals surface area contributed by atoms with E-state index in [9.17, 15) is 9.59 Å². The molecule has 0 saturated carbocycles. The first-order valence-electron chi connectivity index (χ1n) is 10.9. The molecule has 1 aliphatic heterocycles. The number of hydrogen-bond donors (Lipinski definition) is 2. The van der Waals surface area contributed by atoms with Crippen molar-refractivity contribution in [3.05, 3.63) is 35.3 Å². The summed E-state index contributed by atoms with van der Waals surface area (Å²) in [5, 5.41) is 21.3. The number of nitrogens with one attached hydrogen (secondary N) is 1. The van der Waals surface area contributed by atoms with Gasteiger partial charge in [-0.25, -0.2) is 9.78 Å². The summed E-state index contributed by atoms with van der Waals surface area (Å²) in [6.45, 7) is 9.89. The number of amides is 2. The van der Waals surface area contributed by atoms with Gasteiger partial charge in [0.05, 0.1) is 17.6 Å². The van der Waals surface area contributed by atoms with Crippen LogP contribution in [0.2, 0.25) is 0 Å². The van der Waals surface area contributed by atoms with Crippen LogP contribution >= 0.6 is 11.3 Å². The molecule has 206 valence electrons. The fraction of sp³-hybridized carbons (Fsp3) is 0.435. The standard InChI is InChI=1S/C19H25N5O3S.2C2H4O2.Ni/c1-19(2,3)27-18(26)24-10-8-23(9-11-24)17-21-12-15(28-17)16(25)22-14-7-5-4-6-13(14)20;2*1-2(3)4;/h4-7,12H,8-11,20H2,1-3H3,(H,22,25);2*1H3,(H,3,4);/q;;;+2/p-2. The molecule has 1 aromatic carbocycles. The Bertz CT molecular complexity index is 1030. The molecule has 2 amide bonds. The van der Waals surface area contributed by atoms with Crippen molar-refractivity contribution < 1.29 is 50.6 Å². The predicted molar refractivity (Wildman–Crippen MR) is 132 cm³/mol. The van der Waals surface area contributed by atoms with Crippen molar-refractivity contribution >= 4 is 51.8 Å². The number of carboxylic acid groups (broad SMARTS) is 2. The van der Waals surface area contributed by atoms with E-state index in [2.05, 4.69) is 15.2 Å². The fourth-order valence-electron chi connectivity index (χ4n) is 2.72. The summed E-state index contributed by atoms with van der Waals surface area (Å²) in [6.07, 6.45) is 1.26. The fourth-order valence-corrected chi connectivity index (χ4v) is 3.58. The van der Waals surface area contributed by atoms with Gasteiger partial charge in [-0.05, 0) is 46.8 Å². The Labute approximate surface area is 229 Å². The van der Waals surface area contributed by atoms with E-state index < -0.39 is 17.5 Å². The number of carbonyl (C=O) groups excluding carboxylic acids is 4. The third kappa shape index (κ3) is 13.5. The first-order valence-corrected chi connectivity index (χ1v) is 11.7. The number of rotatable bonds is 3. The third-order valence-electron chi connectivity index (χ3n) is 4.13. The van der Waals surface area contributed by atoms with Crippen molar-refractivity contribution in [2.24, 2.45) is 0 Å². The number of ether oxygens (including phenoxy) is 1. The molecule has 0 unspecified atom stereocenters. The van der Waals surface area contributed by atoms with Gasteiger partial charge < -0.3 is 45.4 Å². The zero-order valence-electron chi connectivity index (χ0n) is 21.2. The van der Waals surface area contributed by atoms with Crippen molar-refractivity contribution in [1.29, 1.82) is 0 Å². The van der Waals surface area contributed by atoms with Crippen molar-refractivity contribution in [3.63, 3.8) is 0 Å². The van der Waals surface area contributed by atoms with Crippen molar-refractivity contribution in [2.45, 2.75) is 40.2 Å². The molecule has 0 radical (unpaired) electrons. The summed E-state index contributed by atoms with van der Waals surface area (Å²) in [6, 6.07) is 7.11. The molecule has 14 heteroatoms. The van der Waals surface area contributed by atoms with Crippen LogP contribution in [0.5, 0.6) is 0 Å². The van der Waals surface area contributed by atoms with Crippen molar-refractivity contribution in [3.8, 4) is 0 Å². The summed E-state index contributed by atoms with van der Waals surface area (Å²) >= 11 is 1.32. The second-order valence-corrected chi connectivity index (χ2v) is 9.50. The molecule has 37 heavy (non-hydrogen) atoms. The normalized spacial score (nSPS) is 12.5. The van der Waals surface area contributed by atoms with E-state index in [1.54, 1.807) is 23.2 Å². The van der Waals surface area contributed by atoms with Crippen LogP contribution in [0.3, 0.4) is 0 Å². The Morgan fingerprint density at radius 2 is 1.54 bits per heavy atom. The predicted octanol–water partition coefficient (Wildman–Crippen LogP) is 0.545. The largest absolute Gasteiger partial charge is 2.00 e. The minimum atomic E-state index is -1.08. The topological polar surface area (TPSA) is 181 Å². The number of benzene rings is 1. The molecule has 1 aromatic heterocycles. The molecule has 1 saturated heterocycles. The average Bonchev–Trinajstić information content (AvgIpc) is 3.24. The molecular weight excluding hydrogens is 549 g/mol. The number of aromatic nitrogens is 1. The summed E-state index contributed by atoms with van der Waals surface area (Å²) < 4.78 is 5.41. The molecule has 3 rings (SSSR count). The monoisotopic (exact) mass is 579 g/mol. The molecule has 2 heterocycles. The number of nitrogen functional groups attached to an aromatic ring is 1. The molecular formula is C23H31N5NiO7S. The first kappa shape index (κ1) is 33.6. The van der Waals surface area contributed by atoms with E-state index in [0.717, 1.165) is 19.0 Å². The van der Waals surface area contributed by atoms with Gasteiger partial charge in [-0.15, -0.1) is 0 Å². The minimum Gasteiger partial charge on any atom is -0.550 e. The van der Waals surface area contributed by atoms with Crippen LogP contribution in [0.1, 0.15) is 44.3 Å². The number of anilines is 3. The van der Waals surface area contributed by atoms with Crippen molar-refractivity contribution in [1.82, 2.24) is 9.88 Å². The number of hydrogen-bond acceptors (Lipinski definition) is 11. The maximum atomic E-state index is 12.5. The molecule has 0 aliphatic carbocycles. The number of nitrogens with zero attached hydrogens (tertiary/aromatic N) is 3. The Morgan fingerprint density at radius 3 is 2.03 bits per heavy atom. The van der Waals surface area contributed by atoms with Gasteiger partial charge in [-0.2, -0.15) is 0 Å². The molecule has 1 aliphatic rings. The van der Waals surface area contributed by atoms with Gasteiger partial charge in [-0.1, -0.05) is 23.5 Å². The molecule has 0 atom stereocenters. The Kier molecular flexibility index (Phi) is 14.2. The van der Waals surface area contributed by atoms with E-state index in [4.69, 9.17) is 30.3 Å². The van der Waals surface area contributed by atoms with Crippen LogP contribution in [0.15, 0.2) is 30.5 Å². The van der Waals surface area contributed by atoms with Gasteiger partial charge in [-0.3, -0.25) is 4.79 Å². The molecule has 3 N–H and O–H groups in total. The Hall–Kier alpha value is -3.38. The van der Waals surface area contributed by atoms with Crippen LogP contribution in [0.25, 0.3) is 0 Å². The van der Waals surface area contributed by atoms with E-state index in [1.807, 2.05) is 32.9 Å². The Balaban J connectivity index is 0.00000127.